The second kappa shape index (κ2) is 8.04. The van der Waals surface area contributed by atoms with E-state index in [9.17, 15) is 21.6 Å². The topological polar surface area (TPSA) is 87.6 Å². The van der Waals surface area contributed by atoms with Crippen molar-refractivity contribution in [3.63, 3.8) is 0 Å². The van der Waals surface area contributed by atoms with E-state index in [1.165, 1.54) is 6.08 Å². The molecule has 0 radical (unpaired) electrons. The lowest BCUT2D eigenvalue weighted by Crippen LogP contribution is -2.33. The van der Waals surface area contributed by atoms with Crippen LogP contribution in [0.1, 0.15) is 26.3 Å². The Morgan fingerprint density at radius 1 is 1.15 bits per heavy atom. The first kappa shape index (κ1) is 23.2. The minimum absolute atomic E-state index is 0. The van der Waals surface area contributed by atoms with Crippen molar-refractivity contribution in [3.8, 4) is 5.75 Å². The van der Waals surface area contributed by atoms with Crippen LogP contribution in [0.25, 0.3) is 0 Å². The van der Waals surface area contributed by atoms with Crippen molar-refractivity contribution in [3.05, 3.63) is 53.1 Å². The molecule has 0 fully saturated rings. The summed E-state index contributed by atoms with van der Waals surface area (Å²) in [5.41, 5.74) is -3.65. The number of methoxy groups -OCH3 is 1. The van der Waals surface area contributed by atoms with Gasteiger partial charge in [0.25, 0.3) is 0 Å². The van der Waals surface area contributed by atoms with E-state index in [1.54, 1.807) is 27.0 Å². The van der Waals surface area contributed by atoms with Gasteiger partial charge in [-0.2, -0.15) is 21.6 Å². The molecule has 0 aliphatic heterocycles. The fourth-order valence-electron chi connectivity index (χ4n) is 2.89. The van der Waals surface area contributed by atoms with E-state index in [2.05, 4.69) is 4.18 Å². The third kappa shape index (κ3) is 4.91. The van der Waals surface area contributed by atoms with E-state index >= 15 is 0 Å². The zero-order valence-electron chi connectivity index (χ0n) is 15.6. The van der Waals surface area contributed by atoms with Gasteiger partial charge in [0.05, 0.1) is 7.11 Å². The van der Waals surface area contributed by atoms with E-state index < -0.39 is 27.1 Å². The van der Waals surface area contributed by atoms with Crippen LogP contribution in [-0.4, -0.2) is 27.1 Å². The van der Waals surface area contributed by atoms with E-state index in [4.69, 9.17) is 4.74 Å². The Morgan fingerprint density at radius 3 is 2.19 bits per heavy atom. The summed E-state index contributed by atoms with van der Waals surface area (Å²) in [4.78, 5) is 0. The molecule has 1 aliphatic carbocycles. The zero-order valence-corrected chi connectivity index (χ0v) is 16.4. The SMILES string of the molecule is COc1ccc(CC2(C)C=CC(OS(=O)(=O)C(F)(F)F)C(C)=C2C)cc1.N. The van der Waals surface area contributed by atoms with Crippen LogP contribution < -0.4 is 10.9 Å². The van der Waals surface area contributed by atoms with Crippen molar-refractivity contribution in [1.82, 2.24) is 6.15 Å². The van der Waals surface area contributed by atoms with Gasteiger partial charge in [0, 0.05) is 5.41 Å². The molecule has 2 atom stereocenters. The van der Waals surface area contributed by atoms with E-state index in [1.807, 2.05) is 31.2 Å². The summed E-state index contributed by atoms with van der Waals surface area (Å²) >= 11 is 0. The van der Waals surface area contributed by atoms with Crippen molar-refractivity contribution in [2.75, 3.05) is 7.11 Å². The Bertz CT molecular complexity index is 829. The minimum Gasteiger partial charge on any atom is -0.497 e. The molecule has 5 nitrogen and oxygen atoms in total. The van der Waals surface area contributed by atoms with Crippen molar-refractivity contribution >= 4 is 10.1 Å². The van der Waals surface area contributed by atoms with E-state index in [0.717, 1.165) is 16.9 Å². The molecule has 0 amide bonds. The summed E-state index contributed by atoms with van der Waals surface area (Å²) in [6.45, 7) is 5.31. The first-order valence-electron chi connectivity index (χ1n) is 7.89. The summed E-state index contributed by atoms with van der Waals surface area (Å²) in [5.74, 6) is 0.729. The second-order valence-corrected chi connectivity index (χ2v) is 8.09. The molecule has 152 valence electrons. The maximum atomic E-state index is 12.6. The van der Waals surface area contributed by atoms with Gasteiger partial charge in [-0.05, 0) is 43.5 Å². The average molecular weight is 407 g/mol. The third-order valence-electron chi connectivity index (χ3n) is 4.76. The smallest absolute Gasteiger partial charge is 0.497 e. The number of benzene rings is 1. The van der Waals surface area contributed by atoms with Crippen LogP contribution in [0.5, 0.6) is 5.75 Å². The molecular formula is C18H24F3NO4S. The van der Waals surface area contributed by atoms with Crippen molar-refractivity contribution < 1.29 is 30.5 Å². The molecule has 0 saturated heterocycles. The number of hydrogen-bond donors (Lipinski definition) is 1. The van der Waals surface area contributed by atoms with Crippen molar-refractivity contribution in [1.29, 1.82) is 0 Å². The Balaban J connectivity index is 0.00000364. The number of ether oxygens (including phenoxy) is 1. The zero-order chi connectivity index (χ0) is 19.8. The molecule has 9 heteroatoms. The highest BCUT2D eigenvalue weighted by Gasteiger charge is 2.49. The van der Waals surface area contributed by atoms with Gasteiger partial charge in [-0.3, -0.25) is 4.18 Å². The van der Waals surface area contributed by atoms with Gasteiger partial charge >= 0.3 is 15.6 Å². The van der Waals surface area contributed by atoms with Gasteiger partial charge in [-0.1, -0.05) is 36.8 Å². The van der Waals surface area contributed by atoms with Crippen LogP contribution in [-0.2, 0) is 20.7 Å². The maximum absolute atomic E-state index is 12.6. The molecule has 0 aromatic heterocycles. The van der Waals surface area contributed by atoms with Crippen molar-refractivity contribution in [2.45, 2.75) is 38.8 Å². The Labute approximate surface area is 157 Å². The normalized spacial score (nSPS) is 23.1. The molecule has 27 heavy (non-hydrogen) atoms. The van der Waals surface area contributed by atoms with E-state index in [-0.39, 0.29) is 6.15 Å². The minimum atomic E-state index is -5.66. The number of allylic oxidation sites excluding steroid dienone is 2. The molecule has 3 N–H and O–H groups in total. The van der Waals surface area contributed by atoms with Crippen molar-refractivity contribution in [2.24, 2.45) is 5.41 Å². The molecular weight excluding hydrogens is 383 g/mol. The van der Waals surface area contributed by atoms with Crippen LogP contribution in [0, 0.1) is 5.41 Å². The van der Waals surface area contributed by atoms with Gasteiger partial charge in [0.2, 0.25) is 0 Å². The van der Waals surface area contributed by atoms with E-state index in [0.29, 0.717) is 12.0 Å². The maximum Gasteiger partial charge on any atom is 0.523 e. The summed E-state index contributed by atoms with van der Waals surface area (Å²) in [7, 11) is -4.08. The lowest BCUT2D eigenvalue weighted by molar-refractivity contribution is -0.0552. The number of rotatable bonds is 5. The molecule has 2 unspecified atom stereocenters. The first-order valence-corrected chi connectivity index (χ1v) is 9.30. The van der Waals surface area contributed by atoms with Crippen LogP contribution in [0.3, 0.4) is 0 Å². The predicted octanol–water partition coefficient (Wildman–Crippen LogP) is 4.55. The number of halogens is 3. The molecule has 1 aromatic rings. The Hall–Kier alpha value is -1.84. The van der Waals surface area contributed by atoms with Crippen LogP contribution in [0.2, 0.25) is 0 Å². The fraction of sp³-hybridized carbons (Fsp3) is 0.444. The third-order valence-corrected chi connectivity index (χ3v) is 5.79. The lowest BCUT2D eigenvalue weighted by Gasteiger charge is -2.35. The monoisotopic (exact) mass is 407 g/mol. The predicted molar refractivity (Wildman–Crippen MR) is 97.2 cm³/mol. The molecule has 0 bridgehead atoms. The Kier molecular flexibility index (Phi) is 6.90. The number of alkyl halides is 3. The fourth-order valence-corrected chi connectivity index (χ4v) is 3.48. The summed E-state index contributed by atoms with van der Waals surface area (Å²) in [6.07, 6.45) is 2.42. The highest BCUT2D eigenvalue weighted by molar-refractivity contribution is 7.87. The molecule has 2 rings (SSSR count). The van der Waals surface area contributed by atoms with Crippen LogP contribution in [0.4, 0.5) is 13.2 Å². The van der Waals surface area contributed by atoms with Gasteiger partial charge in [-0.25, -0.2) is 0 Å². The molecule has 1 aromatic carbocycles. The second-order valence-electron chi connectivity index (χ2n) is 6.53. The largest absolute Gasteiger partial charge is 0.523 e. The summed E-state index contributed by atoms with van der Waals surface area (Å²) in [5, 5.41) is 0. The van der Waals surface area contributed by atoms with Gasteiger partial charge in [0.15, 0.2) is 0 Å². The van der Waals surface area contributed by atoms with Crippen LogP contribution in [0.15, 0.2) is 47.6 Å². The average Bonchev–Trinajstić information content (AvgIpc) is 2.55. The molecule has 0 spiro atoms. The highest BCUT2D eigenvalue weighted by atomic mass is 32.2. The van der Waals surface area contributed by atoms with Gasteiger partial charge in [-0.15, -0.1) is 0 Å². The Morgan fingerprint density at radius 2 is 1.70 bits per heavy atom. The summed E-state index contributed by atoms with van der Waals surface area (Å²) < 4.78 is 69.7. The van der Waals surface area contributed by atoms with Gasteiger partial charge in [0.1, 0.15) is 11.9 Å². The van der Waals surface area contributed by atoms with Crippen LogP contribution >= 0.6 is 0 Å². The lowest BCUT2D eigenvalue weighted by atomic mass is 9.72. The highest BCUT2D eigenvalue weighted by Crippen LogP contribution is 2.40. The summed E-state index contributed by atoms with van der Waals surface area (Å²) in [6, 6.07) is 7.49. The number of hydrogen-bond acceptors (Lipinski definition) is 5. The molecule has 0 heterocycles. The molecule has 0 saturated carbocycles. The molecule has 1 aliphatic rings. The van der Waals surface area contributed by atoms with Gasteiger partial charge < -0.3 is 10.9 Å². The standard InChI is InChI=1S/C18H21F3O4S.H3N/c1-12-13(2)17(3,11-14-5-7-15(24-4)8-6-14)10-9-16(12)25-26(22,23)18(19,20)21;/h5-10,16H,11H2,1-4H3;1H3. The first-order chi connectivity index (χ1) is 11.9. The quantitative estimate of drug-likeness (QED) is 0.440.